The summed E-state index contributed by atoms with van der Waals surface area (Å²) in [4.78, 5) is 24.3. The molecule has 0 saturated carbocycles. The van der Waals surface area contributed by atoms with Crippen LogP contribution in [0, 0.1) is 12.7 Å². The van der Waals surface area contributed by atoms with Crippen LogP contribution in [0.2, 0.25) is 5.15 Å². The zero-order valence-corrected chi connectivity index (χ0v) is 16.4. The number of aromatic nitrogens is 2. The number of aryl methyl sites for hydroxylation is 1. The van der Waals surface area contributed by atoms with Gasteiger partial charge in [-0.3, -0.25) is 4.79 Å². The van der Waals surface area contributed by atoms with Gasteiger partial charge in [0, 0.05) is 6.54 Å². The van der Waals surface area contributed by atoms with Crippen molar-refractivity contribution < 1.29 is 18.7 Å². The van der Waals surface area contributed by atoms with Gasteiger partial charge in [-0.2, -0.15) is 5.10 Å². The fourth-order valence-electron chi connectivity index (χ4n) is 2.72. The lowest BCUT2D eigenvalue weighted by Gasteiger charge is -2.07. The van der Waals surface area contributed by atoms with Crippen molar-refractivity contribution in [3.05, 3.63) is 82.4 Å². The smallest absolute Gasteiger partial charge is 0.343 e. The highest BCUT2D eigenvalue weighted by Crippen LogP contribution is 2.24. The predicted molar refractivity (Wildman–Crippen MR) is 107 cm³/mol. The Kier molecular flexibility index (Phi) is 6.61. The number of amides is 1. The molecule has 0 atom stereocenters. The Hall–Kier alpha value is -3.19. The van der Waals surface area contributed by atoms with Crippen molar-refractivity contribution in [3.8, 4) is 5.69 Å². The maximum absolute atomic E-state index is 12.9. The number of nitrogens with one attached hydrogen (secondary N) is 1. The molecule has 3 aromatic rings. The number of carbonyl (C=O) groups excluding carboxylic acids is 2. The minimum atomic E-state index is -0.719. The Labute approximate surface area is 172 Å². The van der Waals surface area contributed by atoms with Gasteiger partial charge in [-0.05, 0) is 43.2 Å². The van der Waals surface area contributed by atoms with Crippen molar-refractivity contribution in [1.82, 2.24) is 15.1 Å². The van der Waals surface area contributed by atoms with Gasteiger partial charge in [0.05, 0.1) is 11.4 Å². The molecule has 0 aliphatic heterocycles. The van der Waals surface area contributed by atoms with Crippen LogP contribution in [0.25, 0.3) is 5.69 Å². The van der Waals surface area contributed by atoms with Crippen LogP contribution in [0.15, 0.2) is 54.6 Å². The van der Waals surface area contributed by atoms with Gasteiger partial charge in [-0.15, -0.1) is 0 Å². The summed E-state index contributed by atoms with van der Waals surface area (Å²) >= 11 is 6.31. The van der Waals surface area contributed by atoms with Crippen molar-refractivity contribution in [2.45, 2.75) is 13.3 Å². The Morgan fingerprint density at radius 1 is 1.14 bits per heavy atom. The summed E-state index contributed by atoms with van der Waals surface area (Å²) in [5.41, 5.74) is 2.12. The second-order valence-corrected chi connectivity index (χ2v) is 6.66. The molecular formula is C21H19ClFN3O3. The fraction of sp³-hybridized carbons (Fsp3) is 0.190. The minimum absolute atomic E-state index is 0.120. The van der Waals surface area contributed by atoms with Crippen molar-refractivity contribution in [1.29, 1.82) is 0 Å². The molecule has 1 N–H and O–H groups in total. The Morgan fingerprint density at radius 2 is 1.83 bits per heavy atom. The molecule has 0 fully saturated rings. The zero-order chi connectivity index (χ0) is 20.8. The first-order valence-electron chi connectivity index (χ1n) is 8.94. The highest BCUT2D eigenvalue weighted by Gasteiger charge is 2.23. The molecule has 0 aliphatic carbocycles. The van der Waals surface area contributed by atoms with E-state index in [2.05, 4.69) is 10.4 Å². The van der Waals surface area contributed by atoms with Crippen LogP contribution in [0.4, 0.5) is 4.39 Å². The number of para-hydroxylation sites is 1. The molecule has 1 aromatic heterocycles. The summed E-state index contributed by atoms with van der Waals surface area (Å²) < 4.78 is 19.4. The molecule has 1 amide bonds. The number of halogens is 2. The quantitative estimate of drug-likeness (QED) is 0.599. The van der Waals surface area contributed by atoms with E-state index >= 15 is 0 Å². The maximum atomic E-state index is 12.9. The van der Waals surface area contributed by atoms with Crippen molar-refractivity contribution in [2.75, 3.05) is 13.2 Å². The van der Waals surface area contributed by atoms with Gasteiger partial charge in [0.15, 0.2) is 6.61 Å². The molecule has 2 aromatic carbocycles. The van der Waals surface area contributed by atoms with E-state index in [9.17, 15) is 14.0 Å². The summed E-state index contributed by atoms with van der Waals surface area (Å²) in [5.74, 6) is -1.47. The third-order valence-corrected chi connectivity index (χ3v) is 4.54. The Bertz CT molecular complexity index is 1000. The number of ether oxygens (including phenoxy) is 1. The van der Waals surface area contributed by atoms with E-state index < -0.39 is 18.5 Å². The molecule has 0 spiro atoms. The van der Waals surface area contributed by atoms with E-state index in [4.69, 9.17) is 16.3 Å². The fourth-order valence-corrected chi connectivity index (χ4v) is 3.07. The molecule has 150 valence electrons. The first-order valence-corrected chi connectivity index (χ1v) is 9.32. The standard InChI is InChI=1S/C21H19ClFN3O3/c1-14-19(20(22)26(25-14)17-5-3-2-4-6-17)21(28)29-13-18(27)24-12-11-15-7-9-16(23)10-8-15/h2-10H,11-13H2,1H3,(H,24,27). The first-order chi connectivity index (χ1) is 14.0. The SMILES string of the molecule is Cc1nn(-c2ccccc2)c(Cl)c1C(=O)OCC(=O)NCCc1ccc(F)cc1. The van der Waals surface area contributed by atoms with Gasteiger partial charge in [0.1, 0.15) is 16.5 Å². The van der Waals surface area contributed by atoms with E-state index in [1.54, 1.807) is 19.1 Å². The van der Waals surface area contributed by atoms with E-state index in [1.165, 1.54) is 16.8 Å². The number of nitrogens with zero attached hydrogens (tertiary/aromatic N) is 2. The third kappa shape index (κ3) is 5.20. The van der Waals surface area contributed by atoms with Crippen molar-refractivity contribution >= 4 is 23.5 Å². The summed E-state index contributed by atoms with van der Waals surface area (Å²) in [5, 5.41) is 7.04. The molecule has 29 heavy (non-hydrogen) atoms. The van der Waals surface area contributed by atoms with Gasteiger partial charge in [-0.1, -0.05) is 41.9 Å². The summed E-state index contributed by atoms with van der Waals surface area (Å²) in [6, 6.07) is 15.2. The number of rotatable bonds is 7. The lowest BCUT2D eigenvalue weighted by Crippen LogP contribution is -2.30. The topological polar surface area (TPSA) is 73.2 Å². The minimum Gasteiger partial charge on any atom is -0.452 e. The van der Waals surface area contributed by atoms with Gasteiger partial charge < -0.3 is 10.1 Å². The maximum Gasteiger partial charge on any atom is 0.343 e. The van der Waals surface area contributed by atoms with Crippen LogP contribution >= 0.6 is 11.6 Å². The zero-order valence-electron chi connectivity index (χ0n) is 15.7. The van der Waals surface area contributed by atoms with Crippen LogP contribution < -0.4 is 5.32 Å². The van der Waals surface area contributed by atoms with Crippen molar-refractivity contribution in [3.63, 3.8) is 0 Å². The second kappa shape index (κ2) is 9.34. The molecule has 0 radical (unpaired) electrons. The highest BCUT2D eigenvalue weighted by molar-refractivity contribution is 6.33. The predicted octanol–water partition coefficient (Wildman–Crippen LogP) is 3.49. The molecule has 0 bridgehead atoms. The largest absolute Gasteiger partial charge is 0.452 e. The molecule has 3 rings (SSSR count). The summed E-state index contributed by atoms with van der Waals surface area (Å²) in [7, 11) is 0. The van der Waals surface area contributed by atoms with Crippen LogP contribution in [0.5, 0.6) is 0 Å². The number of carbonyl (C=O) groups is 2. The summed E-state index contributed by atoms with van der Waals surface area (Å²) in [6.45, 7) is 1.55. The lowest BCUT2D eigenvalue weighted by atomic mass is 10.1. The normalized spacial score (nSPS) is 10.6. The number of hydrogen-bond acceptors (Lipinski definition) is 4. The molecule has 0 unspecified atom stereocenters. The van der Waals surface area contributed by atoms with Crippen molar-refractivity contribution in [2.24, 2.45) is 0 Å². The first kappa shape index (κ1) is 20.5. The monoisotopic (exact) mass is 415 g/mol. The molecule has 0 aliphatic rings. The average molecular weight is 416 g/mol. The molecule has 0 saturated heterocycles. The molecule has 8 heteroatoms. The Balaban J connectivity index is 1.53. The van der Waals surface area contributed by atoms with Gasteiger partial charge in [0.2, 0.25) is 0 Å². The number of hydrogen-bond donors (Lipinski definition) is 1. The highest BCUT2D eigenvalue weighted by atomic mass is 35.5. The Morgan fingerprint density at radius 3 is 2.52 bits per heavy atom. The summed E-state index contributed by atoms with van der Waals surface area (Å²) in [6.07, 6.45) is 0.536. The van der Waals surface area contributed by atoms with E-state index in [0.29, 0.717) is 24.3 Å². The van der Waals surface area contributed by atoms with Crippen LogP contribution in [-0.4, -0.2) is 34.8 Å². The molecular weight excluding hydrogens is 397 g/mol. The number of esters is 1. The number of benzene rings is 2. The molecule has 1 heterocycles. The second-order valence-electron chi connectivity index (χ2n) is 6.30. The van der Waals surface area contributed by atoms with E-state index in [1.807, 2.05) is 30.3 Å². The van der Waals surface area contributed by atoms with Crippen LogP contribution in [-0.2, 0) is 16.0 Å². The van der Waals surface area contributed by atoms with Crippen LogP contribution in [0.1, 0.15) is 21.6 Å². The van der Waals surface area contributed by atoms with E-state index in [-0.39, 0.29) is 16.5 Å². The third-order valence-electron chi connectivity index (χ3n) is 4.19. The van der Waals surface area contributed by atoms with Gasteiger partial charge in [-0.25, -0.2) is 13.9 Å². The lowest BCUT2D eigenvalue weighted by molar-refractivity contribution is -0.124. The average Bonchev–Trinajstić information content (AvgIpc) is 3.02. The molecule has 6 nitrogen and oxygen atoms in total. The van der Waals surface area contributed by atoms with E-state index in [0.717, 1.165) is 5.56 Å². The van der Waals surface area contributed by atoms with Gasteiger partial charge >= 0.3 is 5.97 Å². The van der Waals surface area contributed by atoms with Crippen LogP contribution in [0.3, 0.4) is 0 Å². The van der Waals surface area contributed by atoms with Gasteiger partial charge in [0.25, 0.3) is 5.91 Å².